The van der Waals surface area contributed by atoms with Crippen molar-refractivity contribution in [2.45, 2.75) is 37.8 Å². The van der Waals surface area contributed by atoms with Crippen molar-refractivity contribution >= 4 is 5.91 Å². The summed E-state index contributed by atoms with van der Waals surface area (Å²) in [7, 11) is 0. The van der Waals surface area contributed by atoms with Crippen LogP contribution in [0.1, 0.15) is 36.2 Å². The highest BCUT2D eigenvalue weighted by molar-refractivity contribution is 5.92. The van der Waals surface area contributed by atoms with Gasteiger partial charge in [0.25, 0.3) is 5.91 Å². The standard InChI is InChI=1S/C11H17N5O/c17-11(10-6-13-15-14-10)16(9-3-4-9)7-8-2-1-5-12-8/h6,8-9,12H,1-5,7H2,(H,13,14,15). The van der Waals surface area contributed by atoms with Crippen LogP contribution in [0.15, 0.2) is 6.20 Å². The number of H-pyrrole nitrogens is 1. The number of nitrogens with one attached hydrogen (secondary N) is 2. The van der Waals surface area contributed by atoms with Crippen molar-refractivity contribution in [3.63, 3.8) is 0 Å². The summed E-state index contributed by atoms with van der Waals surface area (Å²) < 4.78 is 0. The Bertz CT molecular complexity index is 381. The van der Waals surface area contributed by atoms with Gasteiger partial charge in [-0.2, -0.15) is 15.4 Å². The summed E-state index contributed by atoms with van der Waals surface area (Å²) in [5.74, 6) is 0.00921. The molecule has 1 aliphatic heterocycles. The Labute approximate surface area is 99.8 Å². The fourth-order valence-corrected chi connectivity index (χ4v) is 2.39. The number of hydrogen-bond donors (Lipinski definition) is 2. The third-order valence-corrected chi connectivity index (χ3v) is 3.46. The van der Waals surface area contributed by atoms with Gasteiger partial charge in [0.1, 0.15) is 0 Å². The molecule has 2 heterocycles. The molecule has 17 heavy (non-hydrogen) atoms. The van der Waals surface area contributed by atoms with E-state index in [1.54, 1.807) is 0 Å². The highest BCUT2D eigenvalue weighted by Crippen LogP contribution is 2.28. The van der Waals surface area contributed by atoms with Gasteiger partial charge in [-0.15, -0.1) is 0 Å². The fraction of sp³-hybridized carbons (Fsp3) is 0.727. The predicted molar refractivity (Wildman–Crippen MR) is 61.5 cm³/mol. The van der Waals surface area contributed by atoms with E-state index < -0.39 is 0 Å². The molecule has 2 fully saturated rings. The van der Waals surface area contributed by atoms with E-state index in [1.165, 1.54) is 12.6 Å². The van der Waals surface area contributed by atoms with Crippen LogP contribution in [-0.4, -0.2) is 51.4 Å². The van der Waals surface area contributed by atoms with Crippen molar-refractivity contribution in [3.05, 3.63) is 11.9 Å². The Balaban J connectivity index is 1.69. The van der Waals surface area contributed by atoms with Crippen LogP contribution in [0.3, 0.4) is 0 Å². The largest absolute Gasteiger partial charge is 0.333 e. The number of rotatable bonds is 4. The van der Waals surface area contributed by atoms with Crippen molar-refractivity contribution in [2.75, 3.05) is 13.1 Å². The van der Waals surface area contributed by atoms with Crippen molar-refractivity contribution in [2.24, 2.45) is 0 Å². The molecule has 2 N–H and O–H groups in total. The van der Waals surface area contributed by atoms with Crippen LogP contribution in [0.25, 0.3) is 0 Å². The van der Waals surface area contributed by atoms with Gasteiger partial charge in [0.2, 0.25) is 0 Å². The minimum Gasteiger partial charge on any atom is -0.333 e. The topological polar surface area (TPSA) is 73.9 Å². The number of hydrogen-bond acceptors (Lipinski definition) is 4. The maximum atomic E-state index is 12.3. The van der Waals surface area contributed by atoms with Gasteiger partial charge in [-0.1, -0.05) is 0 Å². The SMILES string of the molecule is O=C(c1cn[nH]n1)N(CC1CCCN1)C1CC1. The lowest BCUT2D eigenvalue weighted by Crippen LogP contribution is -2.42. The molecule has 1 saturated heterocycles. The second kappa shape index (κ2) is 4.44. The predicted octanol–water partition coefficient (Wildman–Crippen LogP) is 0.161. The zero-order valence-corrected chi connectivity index (χ0v) is 9.72. The van der Waals surface area contributed by atoms with Crippen molar-refractivity contribution in [1.82, 2.24) is 25.6 Å². The first kappa shape index (κ1) is 10.7. The molecule has 92 valence electrons. The van der Waals surface area contributed by atoms with E-state index in [1.807, 2.05) is 4.90 Å². The number of amides is 1. The van der Waals surface area contributed by atoms with E-state index in [4.69, 9.17) is 0 Å². The smallest absolute Gasteiger partial charge is 0.276 e. The molecule has 6 heteroatoms. The Morgan fingerprint density at radius 1 is 1.47 bits per heavy atom. The van der Waals surface area contributed by atoms with Gasteiger partial charge in [0.05, 0.1) is 6.20 Å². The molecule has 1 aromatic rings. The summed E-state index contributed by atoms with van der Waals surface area (Å²) >= 11 is 0. The molecule has 1 aromatic heterocycles. The third-order valence-electron chi connectivity index (χ3n) is 3.46. The Morgan fingerprint density at radius 3 is 2.94 bits per heavy atom. The van der Waals surface area contributed by atoms with Gasteiger partial charge < -0.3 is 10.2 Å². The number of nitrogens with zero attached hydrogens (tertiary/aromatic N) is 3. The number of carbonyl (C=O) groups excluding carboxylic acids is 1. The summed E-state index contributed by atoms with van der Waals surface area (Å²) in [4.78, 5) is 14.2. The van der Waals surface area contributed by atoms with Crippen LogP contribution in [-0.2, 0) is 0 Å². The van der Waals surface area contributed by atoms with E-state index >= 15 is 0 Å². The van der Waals surface area contributed by atoms with Crippen LogP contribution >= 0.6 is 0 Å². The third kappa shape index (κ3) is 2.31. The molecule has 0 bridgehead atoms. The quantitative estimate of drug-likeness (QED) is 0.779. The molecule has 0 radical (unpaired) electrons. The number of carbonyl (C=O) groups is 1. The van der Waals surface area contributed by atoms with Crippen LogP contribution < -0.4 is 5.32 Å². The Kier molecular flexibility index (Phi) is 2.80. The molecule has 2 aliphatic rings. The molecule has 1 amide bonds. The molecule has 0 spiro atoms. The van der Waals surface area contributed by atoms with Gasteiger partial charge in [-0.05, 0) is 32.2 Å². The Hall–Kier alpha value is -1.43. The highest BCUT2D eigenvalue weighted by atomic mass is 16.2. The lowest BCUT2D eigenvalue weighted by Gasteiger charge is -2.24. The molecule has 0 aromatic carbocycles. The summed E-state index contributed by atoms with van der Waals surface area (Å²) in [5, 5.41) is 13.5. The first-order valence-electron chi connectivity index (χ1n) is 6.25. The van der Waals surface area contributed by atoms with Crippen LogP contribution in [0.2, 0.25) is 0 Å². The van der Waals surface area contributed by atoms with Crippen molar-refractivity contribution in [3.8, 4) is 0 Å². The molecule has 1 aliphatic carbocycles. The minimum absolute atomic E-state index is 0.00921. The fourth-order valence-electron chi connectivity index (χ4n) is 2.39. The molecular weight excluding hydrogens is 218 g/mol. The van der Waals surface area contributed by atoms with Gasteiger partial charge in [-0.3, -0.25) is 4.79 Å². The summed E-state index contributed by atoms with van der Waals surface area (Å²) in [6.45, 7) is 1.87. The van der Waals surface area contributed by atoms with E-state index in [2.05, 4.69) is 20.7 Å². The number of aromatic amines is 1. The zero-order chi connectivity index (χ0) is 11.7. The van der Waals surface area contributed by atoms with Crippen molar-refractivity contribution in [1.29, 1.82) is 0 Å². The highest BCUT2D eigenvalue weighted by Gasteiger charge is 2.35. The first-order valence-corrected chi connectivity index (χ1v) is 6.25. The first-order chi connectivity index (χ1) is 8.34. The second-order valence-electron chi connectivity index (χ2n) is 4.84. The maximum Gasteiger partial charge on any atom is 0.276 e. The summed E-state index contributed by atoms with van der Waals surface area (Å²) in [6.07, 6.45) is 6.11. The van der Waals surface area contributed by atoms with E-state index in [-0.39, 0.29) is 5.91 Å². The Morgan fingerprint density at radius 2 is 2.35 bits per heavy atom. The average molecular weight is 235 g/mol. The maximum absolute atomic E-state index is 12.3. The number of aromatic nitrogens is 3. The van der Waals surface area contributed by atoms with Crippen LogP contribution in [0.5, 0.6) is 0 Å². The average Bonchev–Trinajstić information content (AvgIpc) is 2.86. The van der Waals surface area contributed by atoms with Gasteiger partial charge in [0, 0.05) is 18.6 Å². The normalized spacial score (nSPS) is 23.9. The summed E-state index contributed by atoms with van der Waals surface area (Å²) in [5.41, 5.74) is 0.426. The van der Waals surface area contributed by atoms with E-state index in [0.29, 0.717) is 17.8 Å². The van der Waals surface area contributed by atoms with Crippen LogP contribution in [0, 0.1) is 0 Å². The van der Waals surface area contributed by atoms with Crippen molar-refractivity contribution < 1.29 is 4.79 Å². The zero-order valence-electron chi connectivity index (χ0n) is 9.72. The monoisotopic (exact) mass is 235 g/mol. The van der Waals surface area contributed by atoms with E-state index in [9.17, 15) is 4.79 Å². The van der Waals surface area contributed by atoms with Gasteiger partial charge in [0.15, 0.2) is 5.69 Å². The molecule has 3 rings (SSSR count). The lowest BCUT2D eigenvalue weighted by atomic mass is 10.2. The lowest BCUT2D eigenvalue weighted by molar-refractivity contribution is 0.0722. The summed E-state index contributed by atoms with van der Waals surface area (Å²) in [6, 6.07) is 0.869. The second-order valence-corrected chi connectivity index (χ2v) is 4.84. The van der Waals surface area contributed by atoms with Gasteiger partial charge >= 0.3 is 0 Å². The molecule has 1 atom stereocenters. The van der Waals surface area contributed by atoms with E-state index in [0.717, 1.165) is 32.4 Å². The van der Waals surface area contributed by atoms with Gasteiger partial charge in [-0.25, -0.2) is 0 Å². The minimum atomic E-state index is 0.00921. The molecule has 6 nitrogen and oxygen atoms in total. The molecular formula is C11H17N5O. The van der Waals surface area contributed by atoms with Crippen LogP contribution in [0.4, 0.5) is 0 Å². The molecule has 1 unspecified atom stereocenters. The molecule has 1 saturated carbocycles.